The molecule has 0 unspecified atom stereocenters. The van der Waals surface area contributed by atoms with E-state index < -0.39 is 35.2 Å². The lowest BCUT2D eigenvalue weighted by atomic mass is 10.1. The van der Waals surface area contributed by atoms with Crippen LogP contribution in [0, 0.1) is 17.1 Å². The molecule has 17 heavy (non-hydrogen) atoms. The highest BCUT2D eigenvalue weighted by molar-refractivity contribution is 5.89. The molecule has 0 saturated carbocycles. The molecule has 1 aromatic rings. The molecule has 0 bridgehead atoms. The number of hydrogen-bond donors (Lipinski definition) is 0. The molecular formula is C10H7F3N2O2. The van der Waals surface area contributed by atoms with Crippen molar-refractivity contribution in [3.8, 4) is 6.07 Å². The van der Waals surface area contributed by atoms with Crippen LogP contribution < -0.4 is 0 Å². The predicted octanol–water partition coefficient (Wildman–Crippen LogP) is 2.21. The van der Waals surface area contributed by atoms with Gasteiger partial charge in [0.05, 0.1) is 12.2 Å². The number of esters is 1. The van der Waals surface area contributed by atoms with Gasteiger partial charge in [0.15, 0.2) is 17.2 Å². The fraction of sp³-hybridized carbons (Fsp3) is 0.300. The molecule has 0 atom stereocenters. The van der Waals surface area contributed by atoms with Crippen LogP contribution in [0.5, 0.6) is 0 Å². The SMILES string of the molecule is CCOC(=O)c1nc(C#N)c(F)cc1C(F)F. The molecule has 0 N–H and O–H groups in total. The van der Waals surface area contributed by atoms with E-state index in [1.807, 2.05) is 0 Å². The van der Waals surface area contributed by atoms with Crippen LogP contribution in [0.4, 0.5) is 13.2 Å². The number of rotatable bonds is 3. The van der Waals surface area contributed by atoms with Crippen LogP contribution >= 0.6 is 0 Å². The van der Waals surface area contributed by atoms with Crippen LogP contribution in [0.3, 0.4) is 0 Å². The summed E-state index contributed by atoms with van der Waals surface area (Å²) in [6, 6.07) is 1.78. The maximum absolute atomic E-state index is 13.1. The van der Waals surface area contributed by atoms with Gasteiger partial charge in [-0.15, -0.1) is 0 Å². The predicted molar refractivity (Wildman–Crippen MR) is 49.8 cm³/mol. The first-order valence-corrected chi connectivity index (χ1v) is 4.57. The zero-order chi connectivity index (χ0) is 13.0. The van der Waals surface area contributed by atoms with Crippen molar-refractivity contribution in [1.29, 1.82) is 5.26 Å². The molecule has 0 saturated heterocycles. The number of pyridine rings is 1. The number of hydrogen-bond acceptors (Lipinski definition) is 4. The van der Waals surface area contributed by atoms with Gasteiger partial charge in [-0.2, -0.15) is 5.26 Å². The van der Waals surface area contributed by atoms with E-state index in [4.69, 9.17) is 5.26 Å². The highest BCUT2D eigenvalue weighted by Crippen LogP contribution is 2.24. The lowest BCUT2D eigenvalue weighted by Crippen LogP contribution is -2.13. The Morgan fingerprint density at radius 3 is 2.76 bits per heavy atom. The highest BCUT2D eigenvalue weighted by atomic mass is 19.3. The molecule has 1 heterocycles. The van der Waals surface area contributed by atoms with Crippen molar-refractivity contribution < 1.29 is 22.7 Å². The average molecular weight is 244 g/mol. The summed E-state index contributed by atoms with van der Waals surface area (Å²) in [5, 5.41) is 8.49. The zero-order valence-electron chi connectivity index (χ0n) is 8.71. The molecule has 7 heteroatoms. The number of alkyl halides is 2. The second-order valence-electron chi connectivity index (χ2n) is 2.89. The molecule has 90 valence electrons. The van der Waals surface area contributed by atoms with Gasteiger partial charge in [-0.1, -0.05) is 0 Å². The number of carbonyl (C=O) groups excluding carboxylic acids is 1. The smallest absolute Gasteiger partial charge is 0.357 e. The van der Waals surface area contributed by atoms with Crippen LogP contribution in [0.2, 0.25) is 0 Å². The van der Waals surface area contributed by atoms with Gasteiger partial charge < -0.3 is 4.74 Å². The Morgan fingerprint density at radius 2 is 2.29 bits per heavy atom. The van der Waals surface area contributed by atoms with E-state index in [0.29, 0.717) is 6.07 Å². The molecule has 0 fully saturated rings. The van der Waals surface area contributed by atoms with E-state index in [1.54, 1.807) is 0 Å². The number of halogens is 3. The number of ether oxygens (including phenoxy) is 1. The van der Waals surface area contributed by atoms with Crippen molar-refractivity contribution in [2.75, 3.05) is 6.61 Å². The molecule has 1 rings (SSSR count). The standard InChI is InChI=1S/C10H7F3N2O2/c1-2-17-10(16)8-5(9(12)13)3-6(11)7(4-14)15-8/h3,9H,2H2,1H3. The third-order valence-corrected chi connectivity index (χ3v) is 1.82. The van der Waals surface area contributed by atoms with E-state index in [2.05, 4.69) is 9.72 Å². The van der Waals surface area contributed by atoms with Crippen molar-refractivity contribution in [2.24, 2.45) is 0 Å². The summed E-state index contributed by atoms with van der Waals surface area (Å²) in [6.07, 6.45) is -3.08. The quantitative estimate of drug-likeness (QED) is 0.764. The zero-order valence-corrected chi connectivity index (χ0v) is 8.71. The minimum atomic E-state index is -3.08. The van der Waals surface area contributed by atoms with E-state index in [0.717, 1.165) is 0 Å². The number of aromatic nitrogens is 1. The summed E-state index contributed by atoms with van der Waals surface area (Å²) in [6.45, 7) is 1.44. The molecular weight excluding hydrogens is 237 g/mol. The minimum absolute atomic E-state index is 0.0392. The largest absolute Gasteiger partial charge is 0.461 e. The van der Waals surface area contributed by atoms with E-state index in [9.17, 15) is 18.0 Å². The van der Waals surface area contributed by atoms with E-state index in [-0.39, 0.29) is 6.61 Å². The Kier molecular flexibility index (Phi) is 4.04. The molecule has 0 aliphatic heterocycles. The third kappa shape index (κ3) is 2.72. The Balaban J connectivity index is 3.35. The summed E-state index contributed by atoms with van der Waals surface area (Å²) in [4.78, 5) is 14.5. The van der Waals surface area contributed by atoms with Crippen LogP contribution in [-0.4, -0.2) is 17.6 Å². The summed E-state index contributed by atoms with van der Waals surface area (Å²) in [7, 11) is 0. The molecule has 0 spiro atoms. The van der Waals surface area contributed by atoms with Gasteiger partial charge in [0.25, 0.3) is 6.43 Å². The van der Waals surface area contributed by atoms with Crippen LogP contribution in [-0.2, 0) is 4.74 Å². The summed E-state index contributed by atoms with van der Waals surface area (Å²) in [5.74, 6) is -2.31. The average Bonchev–Trinajstić information content (AvgIpc) is 2.28. The van der Waals surface area contributed by atoms with Crippen LogP contribution in [0.25, 0.3) is 0 Å². The molecule has 0 aliphatic carbocycles. The Hall–Kier alpha value is -2.10. The maximum Gasteiger partial charge on any atom is 0.357 e. The van der Waals surface area contributed by atoms with Gasteiger partial charge in [-0.3, -0.25) is 0 Å². The maximum atomic E-state index is 13.1. The van der Waals surface area contributed by atoms with Gasteiger partial charge in [-0.25, -0.2) is 22.9 Å². The second-order valence-corrected chi connectivity index (χ2v) is 2.89. The molecule has 0 aromatic carbocycles. The van der Waals surface area contributed by atoms with Gasteiger partial charge in [0.1, 0.15) is 6.07 Å². The van der Waals surface area contributed by atoms with Crippen molar-refractivity contribution in [3.05, 3.63) is 28.8 Å². The van der Waals surface area contributed by atoms with Gasteiger partial charge >= 0.3 is 5.97 Å². The topological polar surface area (TPSA) is 63.0 Å². The fourth-order valence-electron chi connectivity index (χ4n) is 1.11. The second kappa shape index (κ2) is 5.30. The van der Waals surface area contributed by atoms with Gasteiger partial charge in [-0.05, 0) is 13.0 Å². The molecule has 4 nitrogen and oxygen atoms in total. The van der Waals surface area contributed by atoms with E-state index >= 15 is 0 Å². The first-order chi connectivity index (χ1) is 8.01. The van der Waals surface area contributed by atoms with Crippen molar-refractivity contribution in [1.82, 2.24) is 4.98 Å². The Labute approximate surface area is 94.6 Å². The van der Waals surface area contributed by atoms with Crippen molar-refractivity contribution in [3.63, 3.8) is 0 Å². The Morgan fingerprint density at radius 1 is 1.65 bits per heavy atom. The lowest BCUT2D eigenvalue weighted by molar-refractivity contribution is 0.0507. The molecule has 0 radical (unpaired) electrons. The van der Waals surface area contributed by atoms with Crippen molar-refractivity contribution in [2.45, 2.75) is 13.3 Å². The number of carbonyl (C=O) groups is 1. The number of nitriles is 1. The third-order valence-electron chi connectivity index (χ3n) is 1.82. The molecule has 1 aromatic heterocycles. The van der Waals surface area contributed by atoms with Crippen molar-refractivity contribution >= 4 is 5.97 Å². The van der Waals surface area contributed by atoms with Gasteiger partial charge in [0.2, 0.25) is 0 Å². The molecule has 0 aliphatic rings. The van der Waals surface area contributed by atoms with E-state index in [1.165, 1.54) is 13.0 Å². The summed E-state index contributed by atoms with van der Waals surface area (Å²) >= 11 is 0. The Bertz CT molecular complexity index is 483. The van der Waals surface area contributed by atoms with Crippen LogP contribution in [0.15, 0.2) is 6.07 Å². The molecule has 0 amide bonds. The summed E-state index contributed by atoms with van der Waals surface area (Å²) in [5.41, 5.74) is -2.35. The normalized spacial score (nSPS) is 10.1. The monoisotopic (exact) mass is 244 g/mol. The minimum Gasteiger partial charge on any atom is -0.461 e. The first kappa shape index (κ1) is 13.0. The lowest BCUT2D eigenvalue weighted by Gasteiger charge is -2.07. The van der Waals surface area contributed by atoms with Crippen LogP contribution in [0.1, 0.15) is 35.1 Å². The van der Waals surface area contributed by atoms with Gasteiger partial charge in [0, 0.05) is 0 Å². The highest BCUT2D eigenvalue weighted by Gasteiger charge is 2.24. The first-order valence-electron chi connectivity index (χ1n) is 4.57. The summed E-state index contributed by atoms with van der Waals surface area (Å²) < 4.78 is 42.7. The fourth-order valence-corrected chi connectivity index (χ4v) is 1.11. The number of nitrogens with zero attached hydrogens (tertiary/aromatic N) is 2.